The highest BCUT2D eigenvalue weighted by molar-refractivity contribution is 6.32. The topological polar surface area (TPSA) is 46.5 Å². The molecule has 0 atom stereocenters. The van der Waals surface area contributed by atoms with E-state index in [1.54, 1.807) is 18.2 Å². The van der Waals surface area contributed by atoms with Crippen molar-refractivity contribution in [3.05, 3.63) is 64.4 Å². The van der Waals surface area contributed by atoms with Gasteiger partial charge in [-0.25, -0.2) is 9.18 Å². The number of benzene rings is 2. The first-order chi connectivity index (χ1) is 9.08. The standard InChI is InChI=1S/C14H10ClFO3/c15-12-7-10(16)5-6-13(12)19-8-9-3-1-2-4-11(9)14(17)18/h1-7H,8H2,(H,17,18). The maximum Gasteiger partial charge on any atom is 0.336 e. The summed E-state index contributed by atoms with van der Waals surface area (Å²) in [6.45, 7) is 0.0494. The summed E-state index contributed by atoms with van der Waals surface area (Å²) in [6.07, 6.45) is 0. The number of rotatable bonds is 4. The lowest BCUT2D eigenvalue weighted by atomic mass is 10.1. The average Bonchev–Trinajstić information content (AvgIpc) is 2.38. The molecule has 2 rings (SSSR count). The molecular weight excluding hydrogens is 271 g/mol. The Hall–Kier alpha value is -2.07. The van der Waals surface area contributed by atoms with Crippen molar-refractivity contribution in [2.24, 2.45) is 0 Å². The summed E-state index contributed by atoms with van der Waals surface area (Å²) in [6, 6.07) is 10.3. The van der Waals surface area contributed by atoms with E-state index in [1.165, 1.54) is 18.2 Å². The van der Waals surface area contributed by atoms with Crippen LogP contribution in [0.4, 0.5) is 4.39 Å². The predicted octanol–water partition coefficient (Wildman–Crippen LogP) is 3.76. The molecule has 0 unspecified atom stereocenters. The minimum absolute atomic E-state index is 0.0494. The number of aromatic carboxylic acids is 1. The maximum absolute atomic E-state index is 12.9. The third-order valence-corrected chi connectivity index (χ3v) is 2.82. The molecule has 0 radical (unpaired) electrons. The molecule has 3 nitrogen and oxygen atoms in total. The third-order valence-electron chi connectivity index (χ3n) is 2.52. The molecule has 2 aromatic carbocycles. The fourth-order valence-electron chi connectivity index (χ4n) is 1.60. The van der Waals surface area contributed by atoms with Crippen molar-refractivity contribution in [2.75, 3.05) is 0 Å². The normalized spacial score (nSPS) is 10.2. The quantitative estimate of drug-likeness (QED) is 0.927. The van der Waals surface area contributed by atoms with E-state index < -0.39 is 11.8 Å². The van der Waals surface area contributed by atoms with Crippen LogP contribution in [0.1, 0.15) is 15.9 Å². The Bertz CT molecular complexity index is 613. The molecular formula is C14H10ClFO3. The van der Waals surface area contributed by atoms with Gasteiger partial charge in [0.2, 0.25) is 0 Å². The zero-order valence-electron chi connectivity index (χ0n) is 9.77. The fraction of sp³-hybridized carbons (Fsp3) is 0.0714. The summed E-state index contributed by atoms with van der Waals surface area (Å²) in [5, 5.41) is 9.17. The molecule has 0 bridgehead atoms. The van der Waals surface area contributed by atoms with Crippen LogP contribution < -0.4 is 4.74 Å². The Kier molecular flexibility index (Phi) is 4.02. The minimum Gasteiger partial charge on any atom is -0.487 e. The van der Waals surface area contributed by atoms with Gasteiger partial charge < -0.3 is 9.84 Å². The molecule has 0 aromatic heterocycles. The van der Waals surface area contributed by atoms with Gasteiger partial charge in [0.1, 0.15) is 18.2 Å². The van der Waals surface area contributed by atoms with E-state index in [0.29, 0.717) is 11.3 Å². The summed E-state index contributed by atoms with van der Waals surface area (Å²) in [7, 11) is 0. The van der Waals surface area contributed by atoms with E-state index in [2.05, 4.69) is 0 Å². The van der Waals surface area contributed by atoms with Crippen LogP contribution in [-0.2, 0) is 6.61 Å². The molecule has 2 aromatic rings. The first kappa shape index (κ1) is 13.4. The molecule has 0 aliphatic rings. The lowest BCUT2D eigenvalue weighted by Crippen LogP contribution is -2.05. The highest BCUT2D eigenvalue weighted by atomic mass is 35.5. The van der Waals surface area contributed by atoms with Crippen LogP contribution >= 0.6 is 11.6 Å². The van der Waals surface area contributed by atoms with E-state index in [-0.39, 0.29) is 17.2 Å². The second-order valence-corrected chi connectivity index (χ2v) is 4.23. The van der Waals surface area contributed by atoms with Gasteiger partial charge in [-0.3, -0.25) is 0 Å². The van der Waals surface area contributed by atoms with E-state index in [9.17, 15) is 9.18 Å². The van der Waals surface area contributed by atoms with Crippen molar-refractivity contribution in [3.63, 3.8) is 0 Å². The molecule has 5 heteroatoms. The van der Waals surface area contributed by atoms with Gasteiger partial charge in [-0.05, 0) is 24.3 Å². The first-order valence-electron chi connectivity index (χ1n) is 5.47. The number of halogens is 2. The molecule has 0 saturated heterocycles. The minimum atomic E-state index is -1.02. The summed E-state index contributed by atoms with van der Waals surface area (Å²) in [5.41, 5.74) is 0.691. The Labute approximate surface area is 114 Å². The van der Waals surface area contributed by atoms with Gasteiger partial charge in [0.05, 0.1) is 10.6 Å². The van der Waals surface area contributed by atoms with Gasteiger partial charge in [0.25, 0.3) is 0 Å². The Morgan fingerprint density at radius 3 is 2.68 bits per heavy atom. The van der Waals surface area contributed by atoms with E-state index in [1.807, 2.05) is 0 Å². The van der Waals surface area contributed by atoms with Crippen molar-refractivity contribution in [3.8, 4) is 5.75 Å². The van der Waals surface area contributed by atoms with Crippen LogP contribution in [-0.4, -0.2) is 11.1 Å². The largest absolute Gasteiger partial charge is 0.487 e. The molecule has 0 aliphatic heterocycles. The van der Waals surface area contributed by atoms with Gasteiger partial charge in [-0.2, -0.15) is 0 Å². The fourth-order valence-corrected chi connectivity index (χ4v) is 1.82. The van der Waals surface area contributed by atoms with Crippen molar-refractivity contribution in [1.82, 2.24) is 0 Å². The number of ether oxygens (including phenoxy) is 1. The van der Waals surface area contributed by atoms with Crippen LogP contribution in [0, 0.1) is 5.82 Å². The zero-order valence-corrected chi connectivity index (χ0v) is 10.5. The summed E-state index contributed by atoms with van der Waals surface area (Å²) in [4.78, 5) is 11.0. The summed E-state index contributed by atoms with van der Waals surface area (Å²) < 4.78 is 18.3. The second kappa shape index (κ2) is 5.71. The van der Waals surface area contributed by atoms with Crippen LogP contribution in [0.5, 0.6) is 5.75 Å². The number of carbonyl (C=O) groups is 1. The predicted molar refractivity (Wildman–Crippen MR) is 69.1 cm³/mol. The molecule has 0 saturated carbocycles. The Morgan fingerprint density at radius 2 is 2.00 bits per heavy atom. The summed E-state index contributed by atoms with van der Waals surface area (Å²) >= 11 is 5.82. The van der Waals surface area contributed by atoms with Gasteiger partial charge >= 0.3 is 5.97 Å². The molecule has 0 heterocycles. The number of carboxylic acid groups (broad SMARTS) is 1. The van der Waals surface area contributed by atoms with Crippen LogP contribution in [0.3, 0.4) is 0 Å². The van der Waals surface area contributed by atoms with Crippen LogP contribution in [0.2, 0.25) is 5.02 Å². The third kappa shape index (κ3) is 3.23. The smallest absolute Gasteiger partial charge is 0.336 e. The molecule has 0 aliphatic carbocycles. The van der Waals surface area contributed by atoms with E-state index in [4.69, 9.17) is 21.4 Å². The molecule has 0 fully saturated rings. The van der Waals surface area contributed by atoms with Crippen LogP contribution in [0.25, 0.3) is 0 Å². The van der Waals surface area contributed by atoms with Gasteiger partial charge in [0, 0.05) is 5.56 Å². The highest BCUT2D eigenvalue weighted by Crippen LogP contribution is 2.26. The van der Waals surface area contributed by atoms with Gasteiger partial charge in [-0.1, -0.05) is 29.8 Å². The van der Waals surface area contributed by atoms with Crippen molar-refractivity contribution < 1.29 is 19.0 Å². The average molecular weight is 281 g/mol. The number of hydrogen-bond acceptors (Lipinski definition) is 2. The number of hydrogen-bond donors (Lipinski definition) is 1. The van der Waals surface area contributed by atoms with Gasteiger partial charge in [-0.15, -0.1) is 0 Å². The Morgan fingerprint density at radius 1 is 1.26 bits per heavy atom. The maximum atomic E-state index is 12.9. The second-order valence-electron chi connectivity index (χ2n) is 3.83. The van der Waals surface area contributed by atoms with Crippen molar-refractivity contribution in [2.45, 2.75) is 6.61 Å². The monoisotopic (exact) mass is 280 g/mol. The van der Waals surface area contributed by atoms with Crippen molar-refractivity contribution in [1.29, 1.82) is 0 Å². The van der Waals surface area contributed by atoms with Crippen molar-refractivity contribution >= 4 is 17.6 Å². The Balaban J connectivity index is 2.17. The molecule has 0 amide bonds. The summed E-state index contributed by atoms with van der Waals surface area (Å²) in [5.74, 6) is -1.17. The van der Waals surface area contributed by atoms with Crippen LogP contribution in [0.15, 0.2) is 42.5 Å². The first-order valence-corrected chi connectivity index (χ1v) is 5.85. The molecule has 1 N–H and O–H groups in total. The van der Waals surface area contributed by atoms with E-state index >= 15 is 0 Å². The van der Waals surface area contributed by atoms with E-state index in [0.717, 1.165) is 6.07 Å². The lowest BCUT2D eigenvalue weighted by Gasteiger charge is -2.10. The highest BCUT2D eigenvalue weighted by Gasteiger charge is 2.10. The molecule has 0 spiro atoms. The SMILES string of the molecule is O=C(O)c1ccccc1COc1ccc(F)cc1Cl. The number of carboxylic acids is 1. The zero-order chi connectivity index (χ0) is 13.8. The molecule has 19 heavy (non-hydrogen) atoms. The lowest BCUT2D eigenvalue weighted by molar-refractivity contribution is 0.0694. The van der Waals surface area contributed by atoms with Gasteiger partial charge in [0.15, 0.2) is 0 Å². The molecule has 98 valence electrons.